The van der Waals surface area contributed by atoms with Crippen LogP contribution in [0.4, 0.5) is 0 Å². The summed E-state index contributed by atoms with van der Waals surface area (Å²) in [6, 6.07) is 8.19. The number of carbonyl (C=O) groups is 2. The van der Waals surface area contributed by atoms with E-state index in [2.05, 4.69) is 13.9 Å². The van der Waals surface area contributed by atoms with Gasteiger partial charge in [-0.1, -0.05) is 18.2 Å². The van der Waals surface area contributed by atoms with Crippen LogP contribution in [0.5, 0.6) is 0 Å². The lowest BCUT2D eigenvalue weighted by atomic mass is 10.2. The minimum absolute atomic E-state index is 0.331. The first-order valence-electron chi connectivity index (χ1n) is 5.26. The van der Waals surface area contributed by atoms with E-state index >= 15 is 0 Å². The van der Waals surface area contributed by atoms with Crippen LogP contribution in [0.15, 0.2) is 30.3 Å². The molecule has 0 aliphatic heterocycles. The highest BCUT2D eigenvalue weighted by Gasteiger charge is 2.27. The van der Waals surface area contributed by atoms with Gasteiger partial charge in [-0.3, -0.25) is 9.36 Å². The van der Waals surface area contributed by atoms with E-state index in [1.54, 1.807) is 30.3 Å². The molecular formula is C11H14NO6P. The van der Waals surface area contributed by atoms with Gasteiger partial charge in [-0.25, -0.2) is 4.79 Å². The predicted molar refractivity (Wildman–Crippen MR) is 66.5 cm³/mol. The molecule has 0 saturated heterocycles. The van der Waals surface area contributed by atoms with Crippen LogP contribution in [-0.4, -0.2) is 32.3 Å². The Kier molecular flexibility index (Phi) is 5.69. The first-order valence-corrected chi connectivity index (χ1v) is 6.99. The molecule has 0 heterocycles. The second-order valence-corrected chi connectivity index (χ2v) is 5.67. The number of benzene rings is 1. The lowest BCUT2D eigenvalue weighted by Gasteiger charge is -2.12. The Balaban J connectivity index is 2.47. The van der Waals surface area contributed by atoms with E-state index in [4.69, 9.17) is 0 Å². The van der Waals surface area contributed by atoms with E-state index in [0.29, 0.717) is 5.56 Å². The summed E-state index contributed by atoms with van der Waals surface area (Å²) in [6.45, 7) is 0. The molecule has 104 valence electrons. The standard InChI is InChI=1S/C11H14NO6P/c1-16-19(15,17-2)8-10(13)18-12-11(14)9-6-4-3-5-7-9/h3-7H,8H2,1-2H3,(H,12,14). The molecule has 0 fully saturated rings. The zero-order valence-electron chi connectivity index (χ0n) is 10.5. The van der Waals surface area contributed by atoms with Gasteiger partial charge in [0.15, 0.2) is 6.16 Å². The molecule has 7 nitrogen and oxygen atoms in total. The van der Waals surface area contributed by atoms with E-state index in [9.17, 15) is 14.2 Å². The van der Waals surface area contributed by atoms with Gasteiger partial charge in [0, 0.05) is 19.8 Å². The summed E-state index contributed by atoms with van der Waals surface area (Å²) in [5.41, 5.74) is 2.28. The molecule has 1 N–H and O–H groups in total. The third kappa shape index (κ3) is 4.82. The Labute approximate surface area is 110 Å². The van der Waals surface area contributed by atoms with Crippen molar-refractivity contribution in [3.63, 3.8) is 0 Å². The fraction of sp³-hybridized carbons (Fsp3) is 0.273. The number of hydrogen-bond donors (Lipinski definition) is 1. The first-order chi connectivity index (χ1) is 9.00. The maximum absolute atomic E-state index is 11.6. The van der Waals surface area contributed by atoms with E-state index in [0.717, 1.165) is 14.2 Å². The number of amides is 1. The first kappa shape index (κ1) is 15.4. The van der Waals surface area contributed by atoms with E-state index < -0.39 is 25.6 Å². The molecule has 0 unspecified atom stereocenters. The van der Waals surface area contributed by atoms with Gasteiger partial charge in [-0.05, 0) is 12.1 Å². The van der Waals surface area contributed by atoms with Crippen molar-refractivity contribution in [2.75, 3.05) is 20.4 Å². The zero-order valence-corrected chi connectivity index (χ0v) is 11.4. The maximum atomic E-state index is 11.6. The van der Waals surface area contributed by atoms with Crippen LogP contribution in [0.1, 0.15) is 10.4 Å². The molecular weight excluding hydrogens is 273 g/mol. The second kappa shape index (κ2) is 7.04. The lowest BCUT2D eigenvalue weighted by molar-refractivity contribution is -0.146. The SMILES string of the molecule is COP(=O)(CC(=O)ONC(=O)c1ccccc1)OC. The van der Waals surface area contributed by atoms with E-state index in [1.807, 2.05) is 5.48 Å². The third-order valence-electron chi connectivity index (χ3n) is 2.17. The van der Waals surface area contributed by atoms with Crippen LogP contribution in [0.25, 0.3) is 0 Å². The highest BCUT2D eigenvalue weighted by Crippen LogP contribution is 2.45. The lowest BCUT2D eigenvalue weighted by Crippen LogP contribution is -2.28. The quantitative estimate of drug-likeness (QED) is 0.649. The number of nitrogens with one attached hydrogen (secondary N) is 1. The average Bonchev–Trinajstić information content (AvgIpc) is 2.45. The van der Waals surface area contributed by atoms with Crippen LogP contribution >= 0.6 is 7.60 Å². The van der Waals surface area contributed by atoms with Gasteiger partial charge in [-0.15, -0.1) is 0 Å². The molecule has 0 aliphatic rings. The van der Waals surface area contributed by atoms with Crippen molar-refractivity contribution in [1.82, 2.24) is 5.48 Å². The van der Waals surface area contributed by atoms with Crippen LogP contribution < -0.4 is 5.48 Å². The topological polar surface area (TPSA) is 90.9 Å². The van der Waals surface area contributed by atoms with Gasteiger partial charge >= 0.3 is 13.6 Å². The van der Waals surface area contributed by atoms with Crippen LogP contribution in [0.3, 0.4) is 0 Å². The summed E-state index contributed by atoms with van der Waals surface area (Å²) in [7, 11) is -1.19. The minimum Gasteiger partial charge on any atom is -0.340 e. The van der Waals surface area contributed by atoms with Crippen molar-refractivity contribution < 1.29 is 28.0 Å². The monoisotopic (exact) mass is 287 g/mol. The maximum Gasteiger partial charge on any atom is 0.344 e. The molecule has 1 rings (SSSR count). The molecule has 0 radical (unpaired) electrons. The van der Waals surface area contributed by atoms with Gasteiger partial charge < -0.3 is 13.9 Å². The number of rotatable bonds is 5. The minimum atomic E-state index is -3.50. The zero-order chi connectivity index (χ0) is 14.3. The Bertz CT molecular complexity index is 481. The number of carbonyl (C=O) groups excluding carboxylic acids is 2. The fourth-order valence-corrected chi connectivity index (χ4v) is 1.93. The van der Waals surface area contributed by atoms with E-state index in [1.165, 1.54) is 0 Å². The summed E-state index contributed by atoms with van der Waals surface area (Å²) in [4.78, 5) is 27.4. The van der Waals surface area contributed by atoms with Gasteiger partial charge in [0.25, 0.3) is 5.91 Å². The summed E-state index contributed by atoms with van der Waals surface area (Å²) >= 11 is 0. The smallest absolute Gasteiger partial charge is 0.340 e. The second-order valence-electron chi connectivity index (χ2n) is 3.41. The molecule has 0 bridgehead atoms. The largest absolute Gasteiger partial charge is 0.344 e. The highest BCUT2D eigenvalue weighted by atomic mass is 31.2. The molecule has 0 spiro atoms. The van der Waals surface area contributed by atoms with Gasteiger partial charge in [0.2, 0.25) is 0 Å². The van der Waals surface area contributed by atoms with Crippen molar-refractivity contribution in [1.29, 1.82) is 0 Å². The van der Waals surface area contributed by atoms with Crippen molar-refractivity contribution in [2.45, 2.75) is 0 Å². The molecule has 1 amide bonds. The van der Waals surface area contributed by atoms with Gasteiger partial charge in [0.1, 0.15) is 0 Å². The Morgan fingerprint density at radius 1 is 1.16 bits per heavy atom. The van der Waals surface area contributed by atoms with Crippen molar-refractivity contribution >= 4 is 19.5 Å². The molecule has 0 atom stereocenters. The van der Waals surface area contributed by atoms with Gasteiger partial charge in [-0.2, -0.15) is 5.48 Å². The summed E-state index contributed by atoms with van der Waals surface area (Å²) in [5.74, 6) is -1.50. The van der Waals surface area contributed by atoms with E-state index in [-0.39, 0.29) is 0 Å². The Hall–Kier alpha value is -1.69. The van der Waals surface area contributed by atoms with Crippen molar-refractivity contribution in [3.05, 3.63) is 35.9 Å². The average molecular weight is 287 g/mol. The normalized spacial score (nSPS) is 10.8. The highest BCUT2D eigenvalue weighted by molar-refractivity contribution is 7.54. The molecule has 0 saturated carbocycles. The van der Waals surface area contributed by atoms with Crippen LogP contribution in [0.2, 0.25) is 0 Å². The van der Waals surface area contributed by atoms with Crippen LogP contribution in [0, 0.1) is 0 Å². The Morgan fingerprint density at radius 3 is 2.26 bits per heavy atom. The number of hydroxylamine groups is 1. The predicted octanol–water partition coefficient (Wildman–Crippen LogP) is 1.36. The Morgan fingerprint density at radius 2 is 1.74 bits per heavy atom. The van der Waals surface area contributed by atoms with Gasteiger partial charge in [0.05, 0.1) is 0 Å². The molecule has 0 aromatic heterocycles. The molecule has 1 aromatic carbocycles. The third-order valence-corrected chi connectivity index (χ3v) is 3.93. The summed E-state index contributed by atoms with van der Waals surface area (Å²) in [6.07, 6.45) is -0.588. The molecule has 8 heteroatoms. The number of hydrogen-bond acceptors (Lipinski definition) is 6. The summed E-state index contributed by atoms with van der Waals surface area (Å²) < 4.78 is 20.8. The van der Waals surface area contributed by atoms with Crippen molar-refractivity contribution in [3.8, 4) is 0 Å². The molecule has 1 aromatic rings. The molecule has 19 heavy (non-hydrogen) atoms. The van der Waals surface area contributed by atoms with Crippen LogP contribution in [-0.2, 0) is 23.2 Å². The molecule has 0 aliphatic carbocycles. The van der Waals surface area contributed by atoms with Crippen molar-refractivity contribution in [2.24, 2.45) is 0 Å². The fourth-order valence-electron chi connectivity index (χ4n) is 1.15. The summed E-state index contributed by atoms with van der Waals surface area (Å²) in [5, 5.41) is 0.